The van der Waals surface area contributed by atoms with Gasteiger partial charge in [0.1, 0.15) is 0 Å². The van der Waals surface area contributed by atoms with Crippen molar-refractivity contribution in [2.45, 2.75) is 38.5 Å². The minimum atomic E-state index is 0.0929. The molecule has 0 aliphatic carbocycles. The van der Waals surface area contributed by atoms with Gasteiger partial charge in [0.25, 0.3) is 0 Å². The van der Waals surface area contributed by atoms with E-state index in [9.17, 15) is 0 Å². The van der Waals surface area contributed by atoms with Gasteiger partial charge in [0.05, 0.1) is 23.1 Å². The molecule has 1 aliphatic rings. The summed E-state index contributed by atoms with van der Waals surface area (Å²) in [6, 6.07) is 4.39. The van der Waals surface area contributed by atoms with Crippen molar-refractivity contribution in [2.24, 2.45) is 5.73 Å². The van der Waals surface area contributed by atoms with E-state index in [1.165, 1.54) is 4.88 Å². The van der Waals surface area contributed by atoms with Crippen molar-refractivity contribution in [3.8, 4) is 0 Å². The lowest BCUT2D eigenvalue weighted by Gasteiger charge is -2.39. The van der Waals surface area contributed by atoms with Crippen molar-refractivity contribution in [1.29, 1.82) is 0 Å². The zero-order valence-corrected chi connectivity index (χ0v) is 12.5. The third-order valence-electron chi connectivity index (χ3n) is 3.40. The second-order valence-electron chi connectivity index (χ2n) is 4.84. The number of nitrogens with two attached hydrogens (primary N) is 1. The number of hydrogen-bond donors (Lipinski definition) is 1. The van der Waals surface area contributed by atoms with E-state index in [-0.39, 0.29) is 12.1 Å². The van der Waals surface area contributed by atoms with Crippen molar-refractivity contribution < 1.29 is 4.74 Å². The van der Waals surface area contributed by atoms with E-state index in [1.807, 2.05) is 6.07 Å². The SMILES string of the molecule is CCC1CN(C(c2ccc(Cl)s2)C(C)N)CCO1. The summed E-state index contributed by atoms with van der Waals surface area (Å²) in [5.41, 5.74) is 6.18. The Morgan fingerprint density at radius 1 is 1.61 bits per heavy atom. The van der Waals surface area contributed by atoms with Crippen molar-refractivity contribution in [3.05, 3.63) is 21.3 Å². The quantitative estimate of drug-likeness (QED) is 0.926. The molecule has 18 heavy (non-hydrogen) atoms. The molecular weight excluding hydrogens is 268 g/mol. The molecule has 0 bridgehead atoms. The Hall–Kier alpha value is -0.130. The number of ether oxygens (including phenoxy) is 1. The van der Waals surface area contributed by atoms with Gasteiger partial charge in [0.15, 0.2) is 0 Å². The van der Waals surface area contributed by atoms with E-state index in [2.05, 4.69) is 24.8 Å². The lowest BCUT2D eigenvalue weighted by Crippen LogP contribution is -2.48. The fourth-order valence-corrected chi connectivity index (χ4v) is 3.81. The first-order valence-electron chi connectivity index (χ1n) is 6.48. The van der Waals surface area contributed by atoms with Gasteiger partial charge in [-0.25, -0.2) is 0 Å². The van der Waals surface area contributed by atoms with Gasteiger partial charge in [-0.2, -0.15) is 0 Å². The van der Waals surface area contributed by atoms with Crippen LogP contribution >= 0.6 is 22.9 Å². The van der Waals surface area contributed by atoms with Crippen LogP contribution in [0.25, 0.3) is 0 Å². The first kappa shape index (κ1) is 14.3. The van der Waals surface area contributed by atoms with Gasteiger partial charge < -0.3 is 10.5 Å². The number of rotatable bonds is 4. The van der Waals surface area contributed by atoms with Crippen molar-refractivity contribution >= 4 is 22.9 Å². The monoisotopic (exact) mass is 288 g/mol. The summed E-state index contributed by atoms with van der Waals surface area (Å²) in [4.78, 5) is 3.69. The number of halogens is 1. The van der Waals surface area contributed by atoms with E-state index < -0.39 is 0 Å². The molecule has 2 heterocycles. The van der Waals surface area contributed by atoms with Crippen LogP contribution in [0, 0.1) is 0 Å². The molecule has 1 saturated heterocycles. The molecule has 3 unspecified atom stereocenters. The molecule has 0 saturated carbocycles. The number of hydrogen-bond acceptors (Lipinski definition) is 4. The van der Waals surface area contributed by atoms with Gasteiger partial charge in [0, 0.05) is 24.0 Å². The standard InChI is InChI=1S/C13H21ClN2OS/c1-3-10-8-16(6-7-17-10)13(9(2)15)11-4-5-12(14)18-11/h4-5,9-10,13H,3,6-8,15H2,1-2H3. The Labute approximate surface area is 118 Å². The molecule has 5 heteroatoms. The first-order chi connectivity index (χ1) is 8.61. The van der Waals surface area contributed by atoms with Crippen LogP contribution in [0.3, 0.4) is 0 Å². The summed E-state index contributed by atoms with van der Waals surface area (Å²) < 4.78 is 6.55. The Bertz CT molecular complexity index is 383. The Kier molecular flexibility index (Phi) is 5.04. The van der Waals surface area contributed by atoms with E-state index in [0.29, 0.717) is 6.10 Å². The molecule has 1 aromatic rings. The average molecular weight is 289 g/mol. The van der Waals surface area contributed by atoms with Crippen LogP contribution in [0.5, 0.6) is 0 Å². The van der Waals surface area contributed by atoms with Gasteiger partial charge >= 0.3 is 0 Å². The number of nitrogens with zero attached hydrogens (tertiary/aromatic N) is 1. The summed E-state index contributed by atoms with van der Waals surface area (Å²) >= 11 is 7.67. The third kappa shape index (κ3) is 3.25. The summed E-state index contributed by atoms with van der Waals surface area (Å²) in [6.45, 7) is 6.92. The second kappa shape index (κ2) is 6.35. The van der Waals surface area contributed by atoms with Crippen molar-refractivity contribution in [1.82, 2.24) is 4.90 Å². The highest BCUT2D eigenvalue weighted by atomic mass is 35.5. The zero-order chi connectivity index (χ0) is 13.1. The van der Waals surface area contributed by atoms with Crippen LogP contribution in [0.4, 0.5) is 0 Å². The minimum Gasteiger partial charge on any atom is -0.376 e. The molecule has 1 aromatic heterocycles. The molecule has 1 aliphatic heterocycles. The van der Waals surface area contributed by atoms with Crippen LogP contribution in [-0.2, 0) is 4.74 Å². The van der Waals surface area contributed by atoms with Gasteiger partial charge in [-0.15, -0.1) is 11.3 Å². The number of morpholine rings is 1. The summed E-state index contributed by atoms with van der Waals surface area (Å²) in [7, 11) is 0. The molecule has 1 fully saturated rings. The average Bonchev–Trinajstić information content (AvgIpc) is 2.75. The Balaban J connectivity index is 2.14. The molecule has 0 spiro atoms. The fourth-order valence-electron chi connectivity index (χ4n) is 2.50. The van der Waals surface area contributed by atoms with Crippen LogP contribution in [0.2, 0.25) is 4.34 Å². The predicted octanol–water partition coefficient (Wildman–Crippen LogP) is 2.90. The van der Waals surface area contributed by atoms with Gasteiger partial charge in [-0.1, -0.05) is 18.5 Å². The first-order valence-corrected chi connectivity index (χ1v) is 7.67. The predicted molar refractivity (Wildman–Crippen MR) is 77.3 cm³/mol. The lowest BCUT2D eigenvalue weighted by molar-refractivity contribution is -0.0472. The molecule has 3 atom stereocenters. The second-order valence-corrected chi connectivity index (χ2v) is 6.59. The van der Waals surface area contributed by atoms with E-state index in [0.717, 1.165) is 30.5 Å². The van der Waals surface area contributed by atoms with Gasteiger partial charge in [0.2, 0.25) is 0 Å². The molecule has 0 radical (unpaired) electrons. The molecular formula is C13H21ClN2OS. The molecule has 3 nitrogen and oxygen atoms in total. The highest BCUT2D eigenvalue weighted by Crippen LogP contribution is 2.33. The summed E-state index contributed by atoms with van der Waals surface area (Å²) in [6.07, 6.45) is 1.38. The fraction of sp³-hybridized carbons (Fsp3) is 0.692. The van der Waals surface area contributed by atoms with Crippen LogP contribution in [0.1, 0.15) is 31.2 Å². The topological polar surface area (TPSA) is 38.5 Å². The largest absolute Gasteiger partial charge is 0.376 e. The number of thiophene rings is 1. The van der Waals surface area contributed by atoms with E-state index >= 15 is 0 Å². The third-order valence-corrected chi connectivity index (χ3v) is 4.70. The maximum Gasteiger partial charge on any atom is 0.0931 e. The van der Waals surface area contributed by atoms with Gasteiger partial charge in [-0.05, 0) is 25.5 Å². The Morgan fingerprint density at radius 3 is 2.94 bits per heavy atom. The van der Waals surface area contributed by atoms with Crippen LogP contribution < -0.4 is 5.73 Å². The zero-order valence-electron chi connectivity index (χ0n) is 10.9. The smallest absolute Gasteiger partial charge is 0.0931 e. The van der Waals surface area contributed by atoms with Crippen LogP contribution in [0.15, 0.2) is 12.1 Å². The maximum atomic E-state index is 6.18. The van der Waals surface area contributed by atoms with E-state index in [4.69, 9.17) is 22.1 Å². The molecule has 2 N–H and O–H groups in total. The van der Waals surface area contributed by atoms with Crippen LogP contribution in [-0.4, -0.2) is 36.7 Å². The normalized spacial score (nSPS) is 25.0. The summed E-state index contributed by atoms with van der Waals surface area (Å²) in [5.74, 6) is 0. The summed E-state index contributed by atoms with van der Waals surface area (Å²) in [5, 5.41) is 0. The highest BCUT2D eigenvalue weighted by molar-refractivity contribution is 7.16. The minimum absolute atomic E-state index is 0.0929. The molecule has 0 amide bonds. The molecule has 102 valence electrons. The maximum absolute atomic E-state index is 6.18. The molecule has 0 aromatic carbocycles. The highest BCUT2D eigenvalue weighted by Gasteiger charge is 2.29. The molecule has 2 rings (SSSR count). The Morgan fingerprint density at radius 2 is 2.39 bits per heavy atom. The van der Waals surface area contributed by atoms with E-state index in [1.54, 1.807) is 11.3 Å². The lowest BCUT2D eigenvalue weighted by atomic mass is 10.1. The van der Waals surface area contributed by atoms with Crippen molar-refractivity contribution in [3.63, 3.8) is 0 Å². The van der Waals surface area contributed by atoms with Gasteiger partial charge in [-0.3, -0.25) is 4.90 Å². The van der Waals surface area contributed by atoms with Crippen molar-refractivity contribution in [2.75, 3.05) is 19.7 Å².